The van der Waals surface area contributed by atoms with Crippen LogP contribution in [-0.2, 0) is 0 Å². The molecule has 0 spiro atoms. The Morgan fingerprint density at radius 2 is 1.00 bits per heavy atom. The first-order chi connectivity index (χ1) is 33.7. The summed E-state index contributed by atoms with van der Waals surface area (Å²) in [5, 5.41) is 9.67. The van der Waals surface area contributed by atoms with E-state index in [1.165, 1.54) is 75.0 Å². The van der Waals surface area contributed by atoms with Crippen LogP contribution in [0.25, 0.3) is 114 Å². The molecule has 3 heterocycles. The maximum Gasteiger partial charge on any atom is 0.143 e. The van der Waals surface area contributed by atoms with Gasteiger partial charge in [0.25, 0.3) is 0 Å². The Kier molecular flexibility index (Phi) is 8.76. The Balaban J connectivity index is 1.00. The SMILES string of the molecule is c1cc(-c2ccc(N(c3ccc(-c4cccc5ccccc45)cc3)c3ccccc3-c3cccc4c3oc3ccccc34)c3c2sc2ccccc23)cc(-n2c3ccccc3c3ccccc32)c1. The Hall–Kier alpha value is -8.70. The quantitative estimate of drug-likeness (QED) is 0.159. The molecule has 0 saturated carbocycles. The van der Waals surface area contributed by atoms with Gasteiger partial charge >= 0.3 is 0 Å². The van der Waals surface area contributed by atoms with Crippen LogP contribution in [0.1, 0.15) is 0 Å². The lowest BCUT2D eigenvalue weighted by molar-refractivity contribution is 0.670. The molecule has 0 aliphatic heterocycles. The van der Waals surface area contributed by atoms with Gasteiger partial charge in [0.05, 0.1) is 22.4 Å². The summed E-state index contributed by atoms with van der Waals surface area (Å²) < 4.78 is 11.6. The molecule has 318 valence electrons. The maximum atomic E-state index is 6.73. The largest absolute Gasteiger partial charge is 0.455 e. The monoisotopic (exact) mass is 884 g/mol. The highest BCUT2D eigenvalue weighted by Gasteiger charge is 2.25. The number of thiophene rings is 1. The van der Waals surface area contributed by atoms with Gasteiger partial charge in [-0.15, -0.1) is 11.3 Å². The fourth-order valence-electron chi connectivity index (χ4n) is 10.8. The van der Waals surface area contributed by atoms with Crippen LogP contribution in [-0.4, -0.2) is 4.57 Å². The third-order valence-corrected chi connectivity index (χ3v) is 15.0. The molecule has 0 radical (unpaired) electrons. The summed E-state index contributed by atoms with van der Waals surface area (Å²) in [6, 6.07) is 88.2. The third-order valence-electron chi connectivity index (χ3n) is 13.8. The topological polar surface area (TPSA) is 21.3 Å². The Bertz CT molecular complexity index is 4230. The van der Waals surface area contributed by atoms with Crippen molar-refractivity contribution in [3.8, 4) is 39.1 Å². The molecule has 11 aromatic carbocycles. The molecule has 3 nitrogen and oxygen atoms in total. The third kappa shape index (κ3) is 5.98. The maximum absolute atomic E-state index is 6.73. The highest BCUT2D eigenvalue weighted by Crippen LogP contribution is 2.51. The van der Waals surface area contributed by atoms with Gasteiger partial charge in [-0.3, -0.25) is 0 Å². The van der Waals surface area contributed by atoms with E-state index in [1.807, 2.05) is 17.4 Å². The lowest BCUT2D eigenvalue weighted by atomic mass is 9.96. The van der Waals surface area contributed by atoms with E-state index in [0.29, 0.717) is 0 Å². The van der Waals surface area contributed by atoms with Crippen molar-refractivity contribution in [2.24, 2.45) is 0 Å². The second-order valence-corrected chi connectivity index (χ2v) is 18.6. The second-order valence-electron chi connectivity index (χ2n) is 17.6. The number of benzene rings is 11. The summed E-state index contributed by atoms with van der Waals surface area (Å²) in [5.74, 6) is 0. The predicted octanol–water partition coefficient (Wildman–Crippen LogP) is 18.7. The first-order valence-corrected chi connectivity index (χ1v) is 24.0. The number of anilines is 3. The van der Waals surface area contributed by atoms with Gasteiger partial charge in [0.2, 0.25) is 0 Å². The van der Waals surface area contributed by atoms with E-state index in [4.69, 9.17) is 4.42 Å². The molecule has 68 heavy (non-hydrogen) atoms. The van der Waals surface area contributed by atoms with Crippen molar-refractivity contribution >= 4 is 103 Å². The average Bonchev–Trinajstić information content (AvgIpc) is 4.10. The Morgan fingerprint density at radius 3 is 1.84 bits per heavy atom. The molecule has 0 fully saturated rings. The lowest BCUT2D eigenvalue weighted by Crippen LogP contribution is -2.11. The number of nitrogens with zero attached hydrogens (tertiary/aromatic N) is 2. The molecular formula is C64H40N2OS. The molecular weight excluding hydrogens is 845 g/mol. The minimum atomic E-state index is 0.886. The summed E-state index contributed by atoms with van der Waals surface area (Å²) in [7, 11) is 0. The van der Waals surface area contributed by atoms with Crippen LogP contribution in [0.2, 0.25) is 0 Å². The molecule has 0 aliphatic rings. The van der Waals surface area contributed by atoms with Gasteiger partial charge in [-0.25, -0.2) is 0 Å². The highest BCUT2D eigenvalue weighted by atomic mass is 32.1. The first-order valence-electron chi connectivity index (χ1n) is 23.2. The Morgan fingerprint density at radius 1 is 0.382 bits per heavy atom. The fourth-order valence-corrected chi connectivity index (χ4v) is 12.0. The number of furan rings is 1. The van der Waals surface area contributed by atoms with Gasteiger partial charge in [0, 0.05) is 64.2 Å². The minimum absolute atomic E-state index is 0.886. The highest BCUT2D eigenvalue weighted by molar-refractivity contribution is 7.26. The molecule has 0 atom stereocenters. The van der Waals surface area contributed by atoms with Gasteiger partial charge in [0.15, 0.2) is 0 Å². The van der Waals surface area contributed by atoms with E-state index in [1.54, 1.807) is 0 Å². The molecule has 0 unspecified atom stereocenters. The van der Waals surface area contributed by atoms with E-state index in [0.717, 1.165) is 55.8 Å². The van der Waals surface area contributed by atoms with Gasteiger partial charge in [-0.2, -0.15) is 0 Å². The standard InChI is InChI=1S/C64H40N2OS/c1-2-20-46-41(16-1)17-14-26-47(46)42-34-36-44(37-35-42)65(58-31-10-5-23-51(58)53-27-15-28-54-52-24-6-11-32-60(52)67-63(53)54)59-39-38-48(64-62(59)55-25-7-12-33-61(55)68-64)43-18-13-19-45(40-43)66-56-29-8-3-21-49(56)50-22-4-9-30-57(50)66/h1-40H. The van der Waals surface area contributed by atoms with E-state index in [2.05, 4.69) is 246 Å². The molecule has 0 saturated heterocycles. The normalized spacial score (nSPS) is 11.8. The van der Waals surface area contributed by atoms with Gasteiger partial charge in [-0.1, -0.05) is 182 Å². The minimum Gasteiger partial charge on any atom is -0.455 e. The molecule has 0 N–H and O–H groups in total. The number of hydrogen-bond acceptors (Lipinski definition) is 3. The van der Waals surface area contributed by atoms with E-state index >= 15 is 0 Å². The molecule has 3 aromatic heterocycles. The van der Waals surface area contributed by atoms with E-state index in [-0.39, 0.29) is 0 Å². The molecule has 14 aromatic rings. The zero-order chi connectivity index (χ0) is 44.7. The fraction of sp³-hybridized carbons (Fsp3) is 0. The summed E-state index contributed by atoms with van der Waals surface area (Å²) in [6.07, 6.45) is 0. The Labute approximate surface area is 396 Å². The second kappa shape index (κ2) is 15.5. The van der Waals surface area contributed by atoms with Crippen LogP contribution in [0.4, 0.5) is 17.1 Å². The molecule has 0 bridgehead atoms. The van der Waals surface area contributed by atoms with Crippen molar-refractivity contribution in [2.45, 2.75) is 0 Å². The summed E-state index contributed by atoms with van der Waals surface area (Å²) >= 11 is 1.87. The zero-order valence-corrected chi connectivity index (χ0v) is 37.6. The molecule has 14 rings (SSSR count). The van der Waals surface area contributed by atoms with Crippen molar-refractivity contribution in [3.05, 3.63) is 243 Å². The van der Waals surface area contributed by atoms with Crippen molar-refractivity contribution in [1.29, 1.82) is 0 Å². The number of fused-ring (bicyclic) bond motifs is 10. The van der Waals surface area contributed by atoms with E-state index in [9.17, 15) is 0 Å². The van der Waals surface area contributed by atoms with Crippen LogP contribution < -0.4 is 4.90 Å². The van der Waals surface area contributed by atoms with Crippen molar-refractivity contribution < 1.29 is 4.42 Å². The zero-order valence-electron chi connectivity index (χ0n) is 36.8. The predicted molar refractivity (Wildman–Crippen MR) is 289 cm³/mol. The molecule has 0 aliphatic carbocycles. The van der Waals surface area contributed by atoms with Gasteiger partial charge in [-0.05, 0) is 93.7 Å². The molecule has 4 heteroatoms. The summed E-state index contributed by atoms with van der Waals surface area (Å²) in [5.41, 5.74) is 15.5. The van der Waals surface area contributed by atoms with Gasteiger partial charge in [0.1, 0.15) is 11.2 Å². The molecule has 0 amide bonds. The number of aromatic nitrogens is 1. The van der Waals surface area contributed by atoms with Crippen molar-refractivity contribution in [3.63, 3.8) is 0 Å². The van der Waals surface area contributed by atoms with Crippen LogP contribution in [0.15, 0.2) is 247 Å². The average molecular weight is 885 g/mol. The number of hydrogen-bond donors (Lipinski definition) is 0. The smallest absolute Gasteiger partial charge is 0.143 e. The van der Waals surface area contributed by atoms with Crippen molar-refractivity contribution in [2.75, 3.05) is 4.90 Å². The number of rotatable bonds is 7. The summed E-state index contributed by atoms with van der Waals surface area (Å²) in [6.45, 7) is 0. The van der Waals surface area contributed by atoms with Crippen LogP contribution in [0.3, 0.4) is 0 Å². The van der Waals surface area contributed by atoms with Crippen LogP contribution in [0, 0.1) is 0 Å². The summed E-state index contributed by atoms with van der Waals surface area (Å²) in [4.78, 5) is 2.48. The van der Waals surface area contributed by atoms with Crippen molar-refractivity contribution in [1.82, 2.24) is 4.57 Å². The lowest BCUT2D eigenvalue weighted by Gasteiger charge is -2.29. The van der Waals surface area contributed by atoms with Crippen LogP contribution in [0.5, 0.6) is 0 Å². The van der Waals surface area contributed by atoms with E-state index < -0.39 is 0 Å². The van der Waals surface area contributed by atoms with Crippen LogP contribution >= 0.6 is 11.3 Å². The van der Waals surface area contributed by atoms with Gasteiger partial charge < -0.3 is 13.9 Å². The first kappa shape index (κ1) is 38.6. The number of para-hydroxylation sites is 5.